The van der Waals surface area contributed by atoms with Gasteiger partial charge in [0.05, 0.1) is 13.7 Å². The molecule has 5 nitrogen and oxygen atoms in total. The molecule has 130 valence electrons. The van der Waals surface area contributed by atoms with Gasteiger partial charge in [0.25, 0.3) is 0 Å². The van der Waals surface area contributed by atoms with Crippen LogP contribution in [0.5, 0.6) is 0 Å². The number of hydrogen-bond donors (Lipinski definition) is 2. The SMILES string of the molecule is COC(=O)c1cc(CNC(c2ccccc2)C(C)(C)CO)oc1C. The average molecular weight is 331 g/mol. The normalized spacial score (nSPS) is 12.9. The summed E-state index contributed by atoms with van der Waals surface area (Å²) in [7, 11) is 1.35. The van der Waals surface area contributed by atoms with Crippen LogP contribution in [0.2, 0.25) is 0 Å². The van der Waals surface area contributed by atoms with Gasteiger partial charge < -0.3 is 19.6 Å². The summed E-state index contributed by atoms with van der Waals surface area (Å²) in [6.07, 6.45) is 0. The lowest BCUT2D eigenvalue weighted by Gasteiger charge is -2.33. The van der Waals surface area contributed by atoms with Gasteiger partial charge in [-0.2, -0.15) is 0 Å². The Balaban J connectivity index is 2.18. The third kappa shape index (κ3) is 4.04. The number of ether oxygens (including phenoxy) is 1. The third-order valence-electron chi connectivity index (χ3n) is 4.18. The summed E-state index contributed by atoms with van der Waals surface area (Å²) in [5.41, 5.74) is 1.17. The maximum Gasteiger partial charge on any atom is 0.341 e. The Morgan fingerprint density at radius 1 is 1.33 bits per heavy atom. The second kappa shape index (κ2) is 7.64. The minimum Gasteiger partial charge on any atom is -0.465 e. The maximum atomic E-state index is 11.7. The van der Waals surface area contributed by atoms with Gasteiger partial charge in [-0.3, -0.25) is 0 Å². The van der Waals surface area contributed by atoms with Crippen LogP contribution in [0.4, 0.5) is 0 Å². The fourth-order valence-corrected chi connectivity index (χ4v) is 2.73. The molecular weight excluding hydrogens is 306 g/mol. The molecule has 2 aromatic rings. The van der Waals surface area contributed by atoms with Crippen molar-refractivity contribution in [2.75, 3.05) is 13.7 Å². The number of esters is 1. The number of carbonyl (C=O) groups excluding carboxylic acids is 1. The Labute approximate surface area is 142 Å². The molecule has 0 radical (unpaired) electrons. The molecule has 1 unspecified atom stereocenters. The first-order valence-corrected chi connectivity index (χ1v) is 7.96. The highest BCUT2D eigenvalue weighted by atomic mass is 16.5. The van der Waals surface area contributed by atoms with Crippen LogP contribution in [-0.2, 0) is 11.3 Å². The van der Waals surface area contributed by atoms with Crippen molar-refractivity contribution >= 4 is 5.97 Å². The second-order valence-corrected chi connectivity index (χ2v) is 6.55. The summed E-state index contributed by atoms with van der Waals surface area (Å²) in [4.78, 5) is 11.7. The van der Waals surface area contributed by atoms with E-state index in [1.165, 1.54) is 7.11 Å². The van der Waals surface area contributed by atoms with Gasteiger partial charge in [-0.05, 0) is 18.6 Å². The van der Waals surface area contributed by atoms with E-state index in [9.17, 15) is 9.90 Å². The lowest BCUT2D eigenvalue weighted by atomic mass is 9.81. The van der Waals surface area contributed by atoms with Crippen molar-refractivity contribution in [1.82, 2.24) is 5.32 Å². The zero-order valence-corrected chi connectivity index (χ0v) is 14.6. The fourth-order valence-electron chi connectivity index (χ4n) is 2.73. The lowest BCUT2D eigenvalue weighted by Crippen LogP contribution is -2.36. The molecule has 1 aromatic heterocycles. The molecule has 0 aliphatic rings. The van der Waals surface area contributed by atoms with E-state index in [0.29, 0.717) is 23.6 Å². The molecule has 0 aliphatic heterocycles. The molecule has 5 heteroatoms. The summed E-state index contributed by atoms with van der Waals surface area (Å²) in [5.74, 6) is 0.789. The number of rotatable bonds is 7. The predicted octanol–water partition coefficient (Wildman–Crippen LogP) is 3.22. The van der Waals surface area contributed by atoms with Gasteiger partial charge in [-0.15, -0.1) is 0 Å². The van der Waals surface area contributed by atoms with Crippen LogP contribution in [0.15, 0.2) is 40.8 Å². The number of methoxy groups -OCH3 is 1. The first kappa shape index (κ1) is 18.2. The van der Waals surface area contributed by atoms with Crippen molar-refractivity contribution in [2.45, 2.75) is 33.4 Å². The van der Waals surface area contributed by atoms with Gasteiger partial charge >= 0.3 is 5.97 Å². The van der Waals surface area contributed by atoms with Gasteiger partial charge in [0, 0.05) is 18.1 Å². The first-order chi connectivity index (χ1) is 11.4. The number of nitrogens with one attached hydrogen (secondary N) is 1. The highest BCUT2D eigenvalue weighted by molar-refractivity contribution is 5.90. The fraction of sp³-hybridized carbons (Fsp3) is 0.421. The molecule has 1 aromatic carbocycles. The van der Waals surface area contributed by atoms with E-state index < -0.39 is 5.97 Å². The van der Waals surface area contributed by atoms with Crippen LogP contribution in [0.25, 0.3) is 0 Å². The van der Waals surface area contributed by atoms with Crippen LogP contribution in [-0.4, -0.2) is 24.8 Å². The number of aryl methyl sites for hydroxylation is 1. The number of aliphatic hydroxyl groups is 1. The number of furan rings is 1. The molecular formula is C19H25NO4. The smallest absolute Gasteiger partial charge is 0.341 e. The van der Waals surface area contributed by atoms with E-state index in [1.807, 2.05) is 44.2 Å². The van der Waals surface area contributed by atoms with E-state index in [-0.39, 0.29) is 18.1 Å². The quantitative estimate of drug-likeness (QED) is 0.762. The second-order valence-electron chi connectivity index (χ2n) is 6.55. The van der Waals surface area contributed by atoms with Gasteiger partial charge in [0.2, 0.25) is 0 Å². The van der Waals surface area contributed by atoms with Crippen LogP contribution in [0.3, 0.4) is 0 Å². The minimum atomic E-state index is -0.405. The Morgan fingerprint density at radius 2 is 2.00 bits per heavy atom. The molecule has 0 aliphatic carbocycles. The van der Waals surface area contributed by atoms with Crippen LogP contribution in [0.1, 0.15) is 47.3 Å². The molecule has 0 saturated carbocycles. The number of benzene rings is 1. The van der Waals surface area contributed by atoms with Crippen LogP contribution in [0, 0.1) is 12.3 Å². The Morgan fingerprint density at radius 3 is 2.58 bits per heavy atom. The van der Waals surface area contributed by atoms with Gasteiger partial charge in [0.15, 0.2) is 0 Å². The van der Waals surface area contributed by atoms with E-state index in [2.05, 4.69) is 5.32 Å². The molecule has 1 heterocycles. The molecule has 0 saturated heterocycles. The lowest BCUT2D eigenvalue weighted by molar-refractivity contribution is 0.0599. The van der Waals surface area contributed by atoms with Crippen LogP contribution >= 0.6 is 0 Å². The number of carbonyl (C=O) groups is 1. The summed E-state index contributed by atoms with van der Waals surface area (Å²) in [5, 5.41) is 13.2. The monoisotopic (exact) mass is 331 g/mol. The van der Waals surface area contributed by atoms with E-state index >= 15 is 0 Å². The largest absolute Gasteiger partial charge is 0.465 e. The zero-order valence-electron chi connectivity index (χ0n) is 14.6. The Bertz CT molecular complexity index is 676. The van der Waals surface area contributed by atoms with Crippen molar-refractivity contribution in [3.8, 4) is 0 Å². The molecule has 1 atom stereocenters. The molecule has 24 heavy (non-hydrogen) atoms. The molecule has 2 N–H and O–H groups in total. The summed E-state index contributed by atoms with van der Waals surface area (Å²) < 4.78 is 10.4. The number of aliphatic hydroxyl groups excluding tert-OH is 1. The third-order valence-corrected chi connectivity index (χ3v) is 4.18. The zero-order chi connectivity index (χ0) is 17.7. The number of hydrogen-bond acceptors (Lipinski definition) is 5. The van der Waals surface area contributed by atoms with Crippen molar-refractivity contribution in [2.24, 2.45) is 5.41 Å². The average Bonchev–Trinajstić information content (AvgIpc) is 2.96. The van der Waals surface area contributed by atoms with Crippen molar-refractivity contribution in [3.05, 3.63) is 59.0 Å². The summed E-state index contributed by atoms with van der Waals surface area (Å²) >= 11 is 0. The highest BCUT2D eigenvalue weighted by Gasteiger charge is 2.30. The van der Waals surface area contributed by atoms with Crippen LogP contribution < -0.4 is 5.32 Å². The van der Waals surface area contributed by atoms with E-state index in [1.54, 1.807) is 13.0 Å². The summed E-state index contributed by atoms with van der Waals surface area (Å²) in [6, 6.07) is 11.6. The summed E-state index contributed by atoms with van der Waals surface area (Å²) in [6.45, 7) is 6.24. The van der Waals surface area contributed by atoms with Gasteiger partial charge in [-0.25, -0.2) is 4.79 Å². The minimum absolute atomic E-state index is 0.0458. The van der Waals surface area contributed by atoms with Crippen molar-refractivity contribution in [3.63, 3.8) is 0 Å². The van der Waals surface area contributed by atoms with Crippen molar-refractivity contribution in [1.29, 1.82) is 0 Å². The van der Waals surface area contributed by atoms with Crippen molar-refractivity contribution < 1.29 is 19.1 Å². The van der Waals surface area contributed by atoms with Gasteiger partial charge in [-0.1, -0.05) is 44.2 Å². The Kier molecular flexibility index (Phi) is 5.80. The van der Waals surface area contributed by atoms with E-state index in [0.717, 1.165) is 5.56 Å². The molecule has 0 bridgehead atoms. The molecule has 2 rings (SSSR count). The molecule has 0 spiro atoms. The van der Waals surface area contributed by atoms with Gasteiger partial charge in [0.1, 0.15) is 17.1 Å². The molecule has 0 amide bonds. The standard InChI is InChI=1S/C19H25NO4/c1-13-16(18(22)23-4)10-15(24-13)11-20-17(19(2,3)12-21)14-8-6-5-7-9-14/h5-10,17,20-21H,11-12H2,1-4H3. The first-order valence-electron chi connectivity index (χ1n) is 7.96. The van der Waals surface area contributed by atoms with E-state index in [4.69, 9.17) is 9.15 Å². The topological polar surface area (TPSA) is 71.7 Å². The Hall–Kier alpha value is -2.11. The molecule has 0 fully saturated rings. The highest BCUT2D eigenvalue weighted by Crippen LogP contribution is 2.33. The maximum absolute atomic E-state index is 11.7. The predicted molar refractivity (Wildman–Crippen MR) is 91.7 cm³/mol.